The SMILES string of the molecule is COc1ccc(-c2nnc(SCc3cn4cc(Cl)cc(Cl)c4n3)n2N)cc1. The molecule has 3 aromatic heterocycles. The molecule has 0 aliphatic rings. The quantitative estimate of drug-likeness (QED) is 0.389. The zero-order valence-electron chi connectivity index (χ0n) is 14.1. The standard InChI is InChI=1S/C17H14Cl2N6OS/c1-26-13-4-2-10(3-5-13)15-22-23-17(25(15)20)27-9-12-8-24-7-11(18)6-14(19)16(24)21-12/h2-8H,9,20H2,1H3. The first-order valence-electron chi connectivity index (χ1n) is 7.85. The Morgan fingerprint density at radius 1 is 1.15 bits per heavy atom. The van der Waals surface area contributed by atoms with Crippen LogP contribution < -0.4 is 10.6 Å². The van der Waals surface area contributed by atoms with Crippen molar-refractivity contribution in [1.29, 1.82) is 0 Å². The monoisotopic (exact) mass is 420 g/mol. The molecule has 0 fully saturated rings. The highest BCUT2D eigenvalue weighted by Gasteiger charge is 2.14. The first-order chi connectivity index (χ1) is 13.0. The summed E-state index contributed by atoms with van der Waals surface area (Å²) in [5, 5.41) is 10.00. The van der Waals surface area contributed by atoms with Crippen molar-refractivity contribution in [1.82, 2.24) is 24.3 Å². The predicted molar refractivity (Wildman–Crippen MR) is 107 cm³/mol. The molecule has 10 heteroatoms. The summed E-state index contributed by atoms with van der Waals surface area (Å²) in [5.41, 5.74) is 2.34. The maximum absolute atomic E-state index is 6.18. The lowest BCUT2D eigenvalue weighted by Crippen LogP contribution is -2.11. The Morgan fingerprint density at radius 2 is 1.93 bits per heavy atom. The van der Waals surface area contributed by atoms with Gasteiger partial charge in [-0.3, -0.25) is 0 Å². The molecule has 0 spiro atoms. The van der Waals surface area contributed by atoms with Crippen molar-refractivity contribution >= 4 is 40.6 Å². The predicted octanol–water partition coefficient (Wildman–Crippen LogP) is 3.91. The first kappa shape index (κ1) is 18.0. The van der Waals surface area contributed by atoms with Crippen molar-refractivity contribution in [3.05, 3.63) is 58.5 Å². The third-order valence-corrected chi connectivity index (χ3v) is 5.35. The molecule has 4 aromatic rings. The normalized spacial score (nSPS) is 11.2. The number of thioether (sulfide) groups is 1. The van der Waals surface area contributed by atoms with E-state index in [9.17, 15) is 0 Å². The number of hydrogen-bond acceptors (Lipinski definition) is 6. The van der Waals surface area contributed by atoms with Crippen LogP contribution in [0.25, 0.3) is 17.0 Å². The second-order valence-electron chi connectivity index (χ2n) is 5.66. The number of pyridine rings is 1. The lowest BCUT2D eigenvalue weighted by atomic mass is 10.2. The number of nitrogens with zero attached hydrogens (tertiary/aromatic N) is 5. The van der Waals surface area contributed by atoms with Crippen LogP contribution in [0.3, 0.4) is 0 Å². The molecular weight excluding hydrogens is 407 g/mol. The van der Waals surface area contributed by atoms with E-state index in [4.69, 9.17) is 33.8 Å². The van der Waals surface area contributed by atoms with E-state index < -0.39 is 0 Å². The summed E-state index contributed by atoms with van der Waals surface area (Å²) in [6.45, 7) is 0. The first-order valence-corrected chi connectivity index (χ1v) is 9.59. The number of ether oxygens (including phenoxy) is 1. The number of hydrogen-bond donors (Lipinski definition) is 1. The molecule has 4 rings (SSSR count). The van der Waals surface area contributed by atoms with Gasteiger partial charge in [0.1, 0.15) is 5.75 Å². The van der Waals surface area contributed by atoms with Crippen LogP contribution in [-0.2, 0) is 5.75 Å². The number of benzene rings is 1. The molecule has 0 atom stereocenters. The average molecular weight is 421 g/mol. The minimum Gasteiger partial charge on any atom is -0.497 e. The van der Waals surface area contributed by atoms with Gasteiger partial charge >= 0.3 is 0 Å². The average Bonchev–Trinajstić information content (AvgIpc) is 3.23. The molecule has 2 N–H and O–H groups in total. The zero-order chi connectivity index (χ0) is 19.0. The molecule has 138 valence electrons. The summed E-state index contributed by atoms with van der Waals surface area (Å²) in [6, 6.07) is 9.13. The van der Waals surface area contributed by atoms with E-state index >= 15 is 0 Å². The number of imidazole rings is 1. The molecule has 0 aliphatic carbocycles. The Kier molecular flexibility index (Phi) is 4.86. The van der Waals surface area contributed by atoms with E-state index in [2.05, 4.69) is 15.2 Å². The number of aromatic nitrogens is 5. The number of rotatable bonds is 5. The van der Waals surface area contributed by atoms with Crippen LogP contribution in [0, 0.1) is 0 Å². The number of nitrogen functional groups attached to an aromatic ring is 1. The van der Waals surface area contributed by atoms with Gasteiger partial charge in [0.05, 0.1) is 22.8 Å². The van der Waals surface area contributed by atoms with E-state index in [0.717, 1.165) is 17.0 Å². The van der Waals surface area contributed by atoms with Crippen LogP contribution in [0.4, 0.5) is 0 Å². The lowest BCUT2D eigenvalue weighted by molar-refractivity contribution is 0.415. The fourth-order valence-electron chi connectivity index (χ4n) is 2.60. The van der Waals surface area contributed by atoms with Crippen LogP contribution in [0.2, 0.25) is 10.0 Å². The highest BCUT2D eigenvalue weighted by molar-refractivity contribution is 7.98. The van der Waals surface area contributed by atoms with Crippen molar-refractivity contribution in [2.24, 2.45) is 0 Å². The van der Waals surface area contributed by atoms with Gasteiger partial charge in [-0.1, -0.05) is 35.0 Å². The van der Waals surface area contributed by atoms with E-state index in [0.29, 0.717) is 32.4 Å². The second kappa shape index (κ2) is 7.30. The van der Waals surface area contributed by atoms with Gasteiger partial charge in [-0.05, 0) is 30.3 Å². The van der Waals surface area contributed by atoms with Gasteiger partial charge in [0.25, 0.3) is 0 Å². The molecule has 0 saturated heterocycles. The Hall–Kier alpha value is -2.42. The van der Waals surface area contributed by atoms with Gasteiger partial charge < -0.3 is 15.0 Å². The van der Waals surface area contributed by atoms with Crippen LogP contribution in [0.5, 0.6) is 5.75 Å². The van der Waals surface area contributed by atoms with E-state index in [1.54, 1.807) is 23.8 Å². The van der Waals surface area contributed by atoms with Crippen molar-refractivity contribution < 1.29 is 4.74 Å². The molecule has 0 amide bonds. The van der Waals surface area contributed by atoms with Crippen LogP contribution >= 0.6 is 35.0 Å². The van der Waals surface area contributed by atoms with Gasteiger partial charge in [0, 0.05) is 23.7 Å². The fourth-order valence-corrected chi connectivity index (χ4v) is 3.86. The highest BCUT2D eigenvalue weighted by atomic mass is 35.5. The Bertz CT molecular complexity index is 1110. The van der Waals surface area contributed by atoms with Crippen molar-refractivity contribution in [2.45, 2.75) is 10.9 Å². The van der Waals surface area contributed by atoms with Crippen molar-refractivity contribution in [2.75, 3.05) is 13.0 Å². The number of halogens is 2. The third-order valence-electron chi connectivity index (χ3n) is 3.88. The van der Waals surface area contributed by atoms with E-state index in [1.807, 2.05) is 30.5 Å². The summed E-state index contributed by atoms with van der Waals surface area (Å²) in [7, 11) is 1.62. The summed E-state index contributed by atoms with van der Waals surface area (Å²) in [5.74, 6) is 8.07. The van der Waals surface area contributed by atoms with Gasteiger partial charge in [-0.2, -0.15) is 0 Å². The van der Waals surface area contributed by atoms with Crippen LogP contribution in [0.15, 0.2) is 47.9 Å². The zero-order valence-corrected chi connectivity index (χ0v) is 16.5. The van der Waals surface area contributed by atoms with Gasteiger partial charge in [0.2, 0.25) is 5.16 Å². The Balaban J connectivity index is 1.53. The molecular formula is C17H14Cl2N6OS. The van der Waals surface area contributed by atoms with Gasteiger partial charge in [-0.25, -0.2) is 9.66 Å². The largest absolute Gasteiger partial charge is 0.497 e. The molecule has 27 heavy (non-hydrogen) atoms. The second-order valence-corrected chi connectivity index (χ2v) is 7.45. The highest BCUT2D eigenvalue weighted by Crippen LogP contribution is 2.27. The Morgan fingerprint density at radius 3 is 2.67 bits per heavy atom. The minimum atomic E-state index is 0.502. The molecule has 0 aliphatic heterocycles. The van der Waals surface area contributed by atoms with E-state index in [1.165, 1.54) is 16.4 Å². The van der Waals surface area contributed by atoms with Crippen molar-refractivity contribution in [3.8, 4) is 17.1 Å². The Labute approximate surface area is 169 Å². The number of nitrogens with two attached hydrogens (primary N) is 1. The summed E-state index contributed by atoms with van der Waals surface area (Å²) < 4.78 is 8.43. The molecule has 3 heterocycles. The fraction of sp³-hybridized carbons (Fsp3) is 0.118. The lowest BCUT2D eigenvalue weighted by Gasteiger charge is -2.04. The minimum absolute atomic E-state index is 0.502. The number of methoxy groups -OCH3 is 1. The van der Waals surface area contributed by atoms with Crippen LogP contribution in [-0.4, -0.2) is 31.4 Å². The third kappa shape index (κ3) is 3.55. The topological polar surface area (TPSA) is 83.3 Å². The molecule has 0 saturated carbocycles. The molecule has 0 radical (unpaired) electrons. The molecule has 0 bridgehead atoms. The van der Waals surface area contributed by atoms with Crippen LogP contribution in [0.1, 0.15) is 5.69 Å². The molecule has 0 unspecified atom stereocenters. The molecule has 7 nitrogen and oxygen atoms in total. The maximum atomic E-state index is 6.18. The van der Waals surface area contributed by atoms with Gasteiger partial charge in [-0.15, -0.1) is 10.2 Å². The maximum Gasteiger partial charge on any atom is 0.210 e. The molecule has 1 aromatic carbocycles. The number of fused-ring (bicyclic) bond motifs is 1. The van der Waals surface area contributed by atoms with Crippen molar-refractivity contribution in [3.63, 3.8) is 0 Å². The van der Waals surface area contributed by atoms with E-state index in [-0.39, 0.29) is 0 Å². The van der Waals surface area contributed by atoms with Gasteiger partial charge in [0.15, 0.2) is 11.5 Å². The summed E-state index contributed by atoms with van der Waals surface area (Å²) in [6.07, 6.45) is 3.64. The summed E-state index contributed by atoms with van der Waals surface area (Å²) in [4.78, 5) is 4.52. The smallest absolute Gasteiger partial charge is 0.210 e. The summed E-state index contributed by atoms with van der Waals surface area (Å²) >= 11 is 13.6.